The maximum atomic E-state index is 14.8. The van der Waals surface area contributed by atoms with Gasteiger partial charge >= 0.3 is 6.03 Å². The van der Waals surface area contributed by atoms with E-state index in [0.717, 1.165) is 64.2 Å². The molecule has 0 bridgehead atoms. The molecular weight excluding hydrogens is 634 g/mol. The van der Waals surface area contributed by atoms with Gasteiger partial charge in [-0.1, -0.05) is 65.4 Å². The lowest BCUT2D eigenvalue weighted by Gasteiger charge is -2.44. The molecule has 50 heavy (non-hydrogen) atoms. The van der Waals surface area contributed by atoms with Crippen LogP contribution in [0.25, 0.3) is 0 Å². The standard InChI is InChI=1S/C39H63N5O6/c1-9-11-18-29(31(45)34(47)40-23-10-2)41-33(46)30-24-28(27(3)4)25-44(30)35(48)32(38(8)19-14-12-15-20-38)42-36(49)43-39(21-16-13-17-22-39)26-50-37(5,6)7/h1,10,27-30,32H,2,11-26H2,3-8H3,(H,40,47)(H,41,46)(H2,42,43,49)/t28-,29?,30?,32-/m1/s1. The molecule has 280 valence electrons. The van der Waals surface area contributed by atoms with Gasteiger partial charge in [-0.2, -0.15) is 0 Å². The topological polar surface area (TPSA) is 146 Å². The highest BCUT2D eigenvalue weighted by Gasteiger charge is 2.49. The van der Waals surface area contributed by atoms with Crippen LogP contribution in [-0.4, -0.2) is 83.4 Å². The molecule has 0 spiro atoms. The van der Waals surface area contributed by atoms with E-state index in [0.29, 0.717) is 19.6 Å². The maximum Gasteiger partial charge on any atom is 0.315 e. The van der Waals surface area contributed by atoms with Crippen LogP contribution < -0.4 is 21.3 Å². The molecule has 0 aromatic rings. The van der Waals surface area contributed by atoms with E-state index in [4.69, 9.17) is 11.2 Å². The van der Waals surface area contributed by atoms with Gasteiger partial charge in [-0.25, -0.2) is 4.79 Å². The number of nitrogens with zero attached hydrogens (tertiary/aromatic N) is 1. The number of terminal acetylenes is 1. The summed E-state index contributed by atoms with van der Waals surface area (Å²) >= 11 is 0. The third kappa shape index (κ3) is 11.3. The minimum absolute atomic E-state index is 0.0270. The number of carbonyl (C=O) groups is 5. The Bertz CT molecular complexity index is 1250. The van der Waals surface area contributed by atoms with Gasteiger partial charge in [0.2, 0.25) is 17.6 Å². The first-order valence-corrected chi connectivity index (χ1v) is 18.7. The van der Waals surface area contributed by atoms with Crippen molar-refractivity contribution in [2.75, 3.05) is 19.7 Å². The summed E-state index contributed by atoms with van der Waals surface area (Å²) < 4.78 is 6.20. The van der Waals surface area contributed by atoms with Gasteiger partial charge in [-0.3, -0.25) is 19.2 Å². The first-order valence-electron chi connectivity index (χ1n) is 18.7. The number of ketones is 1. The number of hydrogen-bond acceptors (Lipinski definition) is 6. The van der Waals surface area contributed by atoms with Crippen molar-refractivity contribution in [2.45, 2.75) is 154 Å². The SMILES string of the molecule is C#CCCC(NC(=O)C1C[C@@H](C(C)C)CN1C(=O)[C@@H](NC(=O)NC1(COC(C)(C)C)CCCCC1)C1(C)CCCCC1)C(=O)C(=O)NCC=C. The molecule has 4 atom stereocenters. The lowest BCUT2D eigenvalue weighted by atomic mass is 9.70. The summed E-state index contributed by atoms with van der Waals surface area (Å²) in [4.78, 5) is 70.1. The van der Waals surface area contributed by atoms with Crippen LogP contribution >= 0.6 is 0 Å². The Morgan fingerprint density at radius 2 is 1.62 bits per heavy atom. The fourth-order valence-electron chi connectivity index (χ4n) is 7.66. The first kappa shape index (κ1) is 41.0. The monoisotopic (exact) mass is 697 g/mol. The molecule has 0 aromatic carbocycles. The summed E-state index contributed by atoms with van der Waals surface area (Å²) in [6, 6.07) is -3.29. The number of ether oxygens (including phenoxy) is 1. The van der Waals surface area contributed by atoms with Gasteiger partial charge in [0, 0.05) is 19.5 Å². The summed E-state index contributed by atoms with van der Waals surface area (Å²) in [5.74, 6) is 0.239. The van der Waals surface area contributed by atoms with Crippen LogP contribution in [0.2, 0.25) is 0 Å². The number of rotatable bonds is 15. The van der Waals surface area contributed by atoms with Crippen molar-refractivity contribution in [1.29, 1.82) is 0 Å². The van der Waals surface area contributed by atoms with Gasteiger partial charge in [0.1, 0.15) is 12.1 Å². The molecule has 4 N–H and O–H groups in total. The Kier molecular flexibility index (Phi) is 14.9. The summed E-state index contributed by atoms with van der Waals surface area (Å²) in [6.07, 6.45) is 16.7. The van der Waals surface area contributed by atoms with Gasteiger partial charge in [0.15, 0.2) is 0 Å². The second-order valence-corrected chi connectivity index (χ2v) is 16.4. The summed E-state index contributed by atoms with van der Waals surface area (Å²) in [7, 11) is 0. The van der Waals surface area contributed by atoms with Crippen LogP contribution in [0.3, 0.4) is 0 Å². The zero-order valence-corrected chi connectivity index (χ0v) is 31.5. The van der Waals surface area contributed by atoms with Crippen molar-refractivity contribution >= 4 is 29.5 Å². The molecule has 1 heterocycles. The molecule has 11 heteroatoms. The molecule has 3 fully saturated rings. The summed E-state index contributed by atoms with van der Waals surface area (Å²) in [5.41, 5.74) is -1.41. The zero-order chi connectivity index (χ0) is 37.1. The predicted octanol–water partition coefficient (Wildman–Crippen LogP) is 4.79. The van der Waals surface area contributed by atoms with Crippen LogP contribution in [0.5, 0.6) is 0 Å². The molecule has 5 amide bonds. The van der Waals surface area contributed by atoms with Gasteiger partial charge in [-0.05, 0) is 76.5 Å². The smallest absolute Gasteiger partial charge is 0.315 e. The highest BCUT2D eigenvalue weighted by atomic mass is 16.5. The molecule has 2 aliphatic carbocycles. The molecule has 0 aromatic heterocycles. The van der Waals surface area contributed by atoms with Gasteiger partial charge in [0.05, 0.1) is 23.8 Å². The number of carbonyl (C=O) groups excluding carboxylic acids is 5. The molecular formula is C39H63N5O6. The van der Waals surface area contributed by atoms with Crippen molar-refractivity contribution in [1.82, 2.24) is 26.2 Å². The largest absolute Gasteiger partial charge is 0.373 e. The molecule has 2 unspecified atom stereocenters. The molecule has 3 aliphatic rings. The Labute approximate surface area is 300 Å². The first-order chi connectivity index (χ1) is 23.5. The molecule has 3 rings (SSSR count). The van der Waals surface area contributed by atoms with Crippen molar-refractivity contribution in [3.05, 3.63) is 12.7 Å². The van der Waals surface area contributed by atoms with Crippen molar-refractivity contribution in [3.8, 4) is 12.3 Å². The molecule has 2 saturated carbocycles. The third-order valence-electron chi connectivity index (χ3n) is 10.9. The fraction of sp³-hybridized carbons (Fsp3) is 0.769. The molecule has 0 radical (unpaired) electrons. The average molecular weight is 698 g/mol. The molecule has 1 saturated heterocycles. The lowest BCUT2D eigenvalue weighted by Crippen LogP contribution is -2.64. The van der Waals surface area contributed by atoms with E-state index in [1.54, 1.807) is 4.90 Å². The Morgan fingerprint density at radius 3 is 2.18 bits per heavy atom. The number of amides is 5. The minimum Gasteiger partial charge on any atom is -0.373 e. The van der Waals surface area contributed by atoms with Gasteiger partial charge in [-0.15, -0.1) is 18.9 Å². The maximum absolute atomic E-state index is 14.8. The number of Topliss-reactive ketones (excluding diaryl/α,β-unsaturated/α-hetero) is 1. The Balaban J connectivity index is 1.90. The highest BCUT2D eigenvalue weighted by molar-refractivity contribution is 6.38. The summed E-state index contributed by atoms with van der Waals surface area (Å²) in [5, 5.41) is 11.6. The van der Waals surface area contributed by atoms with Crippen molar-refractivity contribution in [3.63, 3.8) is 0 Å². The predicted molar refractivity (Wildman–Crippen MR) is 195 cm³/mol. The van der Waals surface area contributed by atoms with Crippen LogP contribution in [0.15, 0.2) is 12.7 Å². The normalized spacial score (nSPS) is 22.8. The number of nitrogens with one attached hydrogen (secondary N) is 4. The number of urea groups is 1. The van der Waals surface area contributed by atoms with Crippen LogP contribution in [0.4, 0.5) is 4.79 Å². The third-order valence-corrected chi connectivity index (χ3v) is 10.9. The lowest BCUT2D eigenvalue weighted by molar-refractivity contribution is -0.144. The second-order valence-electron chi connectivity index (χ2n) is 16.4. The Morgan fingerprint density at radius 1 is 1.00 bits per heavy atom. The minimum atomic E-state index is -1.14. The van der Waals surface area contributed by atoms with E-state index < -0.39 is 52.7 Å². The quantitative estimate of drug-likeness (QED) is 0.110. The molecule has 11 nitrogen and oxygen atoms in total. The second kappa shape index (κ2) is 18.2. The average Bonchev–Trinajstić information content (AvgIpc) is 3.53. The van der Waals surface area contributed by atoms with Gasteiger partial charge in [0.25, 0.3) is 5.91 Å². The zero-order valence-electron chi connectivity index (χ0n) is 31.5. The highest BCUT2D eigenvalue weighted by Crippen LogP contribution is 2.41. The van der Waals surface area contributed by atoms with E-state index in [1.807, 2.05) is 20.8 Å². The van der Waals surface area contributed by atoms with Crippen LogP contribution in [0.1, 0.15) is 125 Å². The van der Waals surface area contributed by atoms with E-state index >= 15 is 0 Å². The number of likely N-dealkylation sites (tertiary alicyclic amines) is 1. The van der Waals surface area contributed by atoms with Crippen LogP contribution in [0, 0.1) is 29.6 Å². The van der Waals surface area contributed by atoms with E-state index in [9.17, 15) is 24.0 Å². The Hall–Kier alpha value is -3.39. The van der Waals surface area contributed by atoms with E-state index in [-0.39, 0.29) is 42.7 Å². The van der Waals surface area contributed by atoms with Crippen molar-refractivity contribution < 1.29 is 28.7 Å². The van der Waals surface area contributed by atoms with Crippen LogP contribution in [-0.2, 0) is 23.9 Å². The van der Waals surface area contributed by atoms with E-state index in [1.165, 1.54) is 6.08 Å². The fourth-order valence-corrected chi connectivity index (χ4v) is 7.66. The van der Waals surface area contributed by atoms with E-state index in [2.05, 4.69) is 54.5 Å². The molecule has 1 aliphatic heterocycles. The van der Waals surface area contributed by atoms with Gasteiger partial charge < -0.3 is 30.9 Å². The van der Waals surface area contributed by atoms with Crippen molar-refractivity contribution in [2.24, 2.45) is 17.3 Å². The number of hydrogen-bond donors (Lipinski definition) is 4. The summed E-state index contributed by atoms with van der Waals surface area (Å²) in [6.45, 7) is 16.6.